The van der Waals surface area contributed by atoms with Crippen LogP contribution < -0.4 is 0 Å². The zero-order chi connectivity index (χ0) is 22.6. The molecule has 0 aromatic rings. The third-order valence-corrected chi connectivity index (χ3v) is 10.7. The number of hydrogen-bond acceptors (Lipinski definition) is 3. The van der Waals surface area contributed by atoms with Crippen molar-refractivity contribution in [2.45, 2.75) is 80.1 Å². The van der Waals surface area contributed by atoms with E-state index in [9.17, 15) is 14.7 Å². The quantitative estimate of drug-likeness (QED) is 0.492. The first kappa shape index (κ1) is 21.0. The van der Waals surface area contributed by atoms with Gasteiger partial charge in [0.1, 0.15) is 5.78 Å². The van der Waals surface area contributed by atoms with Crippen molar-refractivity contribution in [2.75, 3.05) is 0 Å². The molecular formula is C28H36O3. The van der Waals surface area contributed by atoms with Crippen LogP contribution >= 0.6 is 0 Å². The van der Waals surface area contributed by atoms with Gasteiger partial charge in [0, 0.05) is 23.3 Å². The van der Waals surface area contributed by atoms with Crippen LogP contribution in [0.2, 0.25) is 0 Å². The molecule has 0 amide bonds. The molecule has 3 heteroatoms. The van der Waals surface area contributed by atoms with Gasteiger partial charge in [-0.1, -0.05) is 52.3 Å². The second-order valence-electron chi connectivity index (χ2n) is 12.1. The lowest BCUT2D eigenvalue weighted by Gasteiger charge is -2.69. The van der Waals surface area contributed by atoms with Crippen LogP contribution in [0, 0.1) is 33.5 Å². The largest absolute Gasteiger partial charge is 0.504 e. The van der Waals surface area contributed by atoms with Crippen molar-refractivity contribution in [3.05, 3.63) is 46.3 Å². The molecule has 5 aliphatic carbocycles. The van der Waals surface area contributed by atoms with E-state index >= 15 is 0 Å². The van der Waals surface area contributed by atoms with Gasteiger partial charge < -0.3 is 5.11 Å². The number of ketones is 2. The standard InChI is InChI=1S/C28H36O3/c1-16-13-23-25(3,15-21(16)30)9-11-27(5)22-8-7-18-17(2)24(31)20(29)14-19(18)26(22,4)10-12-28(23,27)6/h7-8,14,16,23,31H,9-13,15H2,1-6H3/t16-,23-,25+,26+,27+,28-/m1/s1. The second kappa shape index (κ2) is 6.11. The maximum Gasteiger partial charge on any atom is 0.220 e. The highest BCUT2D eigenvalue weighted by atomic mass is 16.3. The maximum absolute atomic E-state index is 12.6. The number of allylic oxidation sites excluding steroid dienone is 7. The number of Topliss-reactive ketones (excluding diaryl/α,β-unsaturated/α-hetero) is 1. The number of carbonyl (C=O) groups excluding carboxylic acids is 2. The van der Waals surface area contributed by atoms with Crippen molar-refractivity contribution in [3.63, 3.8) is 0 Å². The third kappa shape index (κ3) is 2.41. The average molecular weight is 421 g/mol. The van der Waals surface area contributed by atoms with Crippen LogP contribution in [0.1, 0.15) is 80.1 Å². The Morgan fingerprint density at radius 2 is 1.71 bits per heavy atom. The van der Waals surface area contributed by atoms with Crippen molar-refractivity contribution in [2.24, 2.45) is 33.5 Å². The zero-order valence-corrected chi connectivity index (χ0v) is 19.9. The molecule has 0 heterocycles. The molecule has 0 radical (unpaired) electrons. The Kier molecular flexibility index (Phi) is 4.14. The van der Waals surface area contributed by atoms with Crippen molar-refractivity contribution in [1.82, 2.24) is 0 Å². The Hall–Kier alpha value is -1.90. The van der Waals surface area contributed by atoms with Gasteiger partial charge in [-0.05, 0) is 78.4 Å². The van der Waals surface area contributed by atoms with Gasteiger partial charge in [0.05, 0.1) is 0 Å². The molecule has 0 aromatic heterocycles. The molecule has 5 rings (SSSR count). The summed E-state index contributed by atoms with van der Waals surface area (Å²) in [6, 6.07) is 0. The predicted molar refractivity (Wildman–Crippen MR) is 122 cm³/mol. The first-order valence-corrected chi connectivity index (χ1v) is 12.0. The summed E-state index contributed by atoms with van der Waals surface area (Å²) < 4.78 is 0. The van der Waals surface area contributed by atoms with E-state index < -0.39 is 0 Å². The van der Waals surface area contributed by atoms with Gasteiger partial charge >= 0.3 is 0 Å². The van der Waals surface area contributed by atoms with Crippen LogP contribution in [0.4, 0.5) is 0 Å². The average Bonchev–Trinajstić information content (AvgIpc) is 2.71. The van der Waals surface area contributed by atoms with Gasteiger partial charge in [-0.2, -0.15) is 0 Å². The number of fused-ring (bicyclic) bond motifs is 7. The number of carbonyl (C=O) groups is 2. The second-order valence-corrected chi connectivity index (χ2v) is 12.1. The highest BCUT2D eigenvalue weighted by Gasteiger charge is 2.66. The summed E-state index contributed by atoms with van der Waals surface area (Å²) in [5.41, 5.74) is 4.37. The minimum atomic E-state index is -0.263. The SMILES string of the molecule is CC1=C(O)C(=O)C=C2C1=CC=C1[C@@]2(C)CC[C@]2(C)[C@@H]3C[C@@H](C)C(=O)C[C@]3(C)CC[C@@]12C. The molecule has 0 aliphatic heterocycles. The molecule has 0 aromatic carbocycles. The number of rotatable bonds is 0. The summed E-state index contributed by atoms with van der Waals surface area (Å²) in [4.78, 5) is 25.2. The molecule has 3 nitrogen and oxygen atoms in total. The van der Waals surface area contributed by atoms with Gasteiger partial charge in [0.2, 0.25) is 5.78 Å². The van der Waals surface area contributed by atoms with Crippen LogP contribution in [0.5, 0.6) is 0 Å². The summed E-state index contributed by atoms with van der Waals surface area (Å²) >= 11 is 0. The molecule has 5 aliphatic rings. The van der Waals surface area contributed by atoms with Gasteiger partial charge in [-0.15, -0.1) is 0 Å². The van der Waals surface area contributed by atoms with Crippen molar-refractivity contribution in [1.29, 1.82) is 0 Å². The lowest BCUT2D eigenvalue weighted by atomic mass is 9.35. The van der Waals surface area contributed by atoms with E-state index in [-0.39, 0.29) is 39.1 Å². The number of aliphatic hydroxyl groups excluding tert-OH is 1. The first-order valence-electron chi connectivity index (χ1n) is 12.0. The fraction of sp³-hybridized carbons (Fsp3) is 0.643. The van der Waals surface area contributed by atoms with Crippen LogP contribution in [0.15, 0.2) is 46.3 Å². The Labute approximate surface area is 186 Å². The summed E-state index contributed by atoms with van der Waals surface area (Å²) in [6.45, 7) is 13.6. The Morgan fingerprint density at radius 3 is 2.42 bits per heavy atom. The molecular weight excluding hydrogens is 384 g/mol. The highest BCUT2D eigenvalue weighted by Crippen LogP contribution is 2.74. The van der Waals surface area contributed by atoms with E-state index in [1.165, 1.54) is 5.57 Å². The van der Waals surface area contributed by atoms with Crippen molar-refractivity contribution < 1.29 is 14.7 Å². The molecule has 0 spiro atoms. The minimum absolute atomic E-state index is 0.0350. The fourth-order valence-corrected chi connectivity index (χ4v) is 8.39. The maximum atomic E-state index is 12.6. The summed E-state index contributed by atoms with van der Waals surface area (Å²) in [7, 11) is 0. The normalized spacial score (nSPS) is 46.8. The van der Waals surface area contributed by atoms with Crippen molar-refractivity contribution in [3.8, 4) is 0 Å². The fourth-order valence-electron chi connectivity index (χ4n) is 8.39. The Morgan fingerprint density at radius 1 is 1.00 bits per heavy atom. The van der Waals surface area contributed by atoms with E-state index in [4.69, 9.17) is 0 Å². The molecule has 0 bridgehead atoms. The van der Waals surface area contributed by atoms with Crippen LogP contribution in [0.3, 0.4) is 0 Å². The van der Waals surface area contributed by atoms with E-state index in [0.29, 0.717) is 17.3 Å². The summed E-state index contributed by atoms with van der Waals surface area (Å²) in [5.74, 6) is 0.767. The number of aliphatic hydroxyl groups is 1. The molecule has 0 unspecified atom stereocenters. The summed E-state index contributed by atoms with van der Waals surface area (Å²) in [5, 5.41) is 10.2. The molecule has 0 saturated heterocycles. The molecule has 1 N–H and O–H groups in total. The Bertz CT molecular complexity index is 1040. The highest BCUT2D eigenvalue weighted by molar-refractivity contribution is 6.06. The van der Waals surface area contributed by atoms with Gasteiger partial charge in [-0.3, -0.25) is 9.59 Å². The first-order chi connectivity index (χ1) is 14.4. The number of hydrogen-bond donors (Lipinski definition) is 1. The van der Waals surface area contributed by atoms with Crippen LogP contribution in [0.25, 0.3) is 0 Å². The van der Waals surface area contributed by atoms with Crippen LogP contribution in [-0.4, -0.2) is 16.7 Å². The Balaban J connectivity index is 1.65. The van der Waals surface area contributed by atoms with Gasteiger partial charge in [-0.25, -0.2) is 0 Å². The lowest BCUT2D eigenvalue weighted by Crippen LogP contribution is -2.61. The van der Waals surface area contributed by atoms with Crippen LogP contribution in [-0.2, 0) is 9.59 Å². The molecule has 3 fully saturated rings. The monoisotopic (exact) mass is 420 g/mol. The lowest BCUT2D eigenvalue weighted by molar-refractivity contribution is -0.161. The predicted octanol–water partition coefficient (Wildman–Crippen LogP) is 6.42. The molecule has 31 heavy (non-hydrogen) atoms. The minimum Gasteiger partial charge on any atom is -0.504 e. The summed E-state index contributed by atoms with van der Waals surface area (Å²) in [6.07, 6.45) is 12.2. The van der Waals surface area contributed by atoms with E-state index in [1.54, 1.807) is 6.08 Å². The van der Waals surface area contributed by atoms with E-state index in [1.807, 2.05) is 6.92 Å². The zero-order valence-electron chi connectivity index (χ0n) is 19.9. The molecule has 6 atom stereocenters. The molecule has 3 saturated carbocycles. The molecule has 166 valence electrons. The van der Waals surface area contributed by atoms with Gasteiger partial charge in [0.15, 0.2) is 5.76 Å². The van der Waals surface area contributed by atoms with Crippen molar-refractivity contribution >= 4 is 11.6 Å². The third-order valence-electron chi connectivity index (χ3n) is 10.7. The van der Waals surface area contributed by atoms with E-state index in [0.717, 1.165) is 49.7 Å². The smallest absolute Gasteiger partial charge is 0.220 e. The van der Waals surface area contributed by atoms with E-state index in [2.05, 4.69) is 46.8 Å². The topological polar surface area (TPSA) is 54.4 Å². The van der Waals surface area contributed by atoms with Gasteiger partial charge in [0.25, 0.3) is 0 Å².